The SMILES string of the molecule is Nc1cc(C(=O)c2ccc(O)c(N)c2)ccc1O.[La]. The van der Waals surface area contributed by atoms with Crippen LogP contribution in [0.3, 0.4) is 0 Å². The second-order valence-corrected chi connectivity index (χ2v) is 3.88. The van der Waals surface area contributed by atoms with Crippen LogP contribution in [-0.4, -0.2) is 16.0 Å². The maximum absolute atomic E-state index is 12.1. The van der Waals surface area contributed by atoms with E-state index in [0.29, 0.717) is 11.1 Å². The van der Waals surface area contributed by atoms with Gasteiger partial charge in [-0.25, -0.2) is 0 Å². The Kier molecular flexibility index (Phi) is 5.00. The number of ketones is 1. The van der Waals surface area contributed by atoms with Crippen molar-refractivity contribution in [2.45, 2.75) is 0 Å². The molecular formula is C13H12LaN2O3. The maximum atomic E-state index is 12.1. The van der Waals surface area contributed by atoms with Gasteiger partial charge >= 0.3 is 0 Å². The van der Waals surface area contributed by atoms with Gasteiger partial charge in [-0.05, 0) is 36.4 Å². The Morgan fingerprint density at radius 3 is 1.53 bits per heavy atom. The third-order valence-corrected chi connectivity index (χ3v) is 2.58. The van der Waals surface area contributed by atoms with E-state index in [9.17, 15) is 15.0 Å². The molecule has 0 saturated heterocycles. The van der Waals surface area contributed by atoms with Gasteiger partial charge in [0, 0.05) is 46.7 Å². The van der Waals surface area contributed by atoms with Crippen LogP contribution in [0.2, 0.25) is 0 Å². The fourth-order valence-corrected chi connectivity index (χ4v) is 1.56. The number of rotatable bonds is 2. The minimum atomic E-state index is -0.284. The number of hydrogen-bond acceptors (Lipinski definition) is 5. The van der Waals surface area contributed by atoms with Crippen LogP contribution in [0.1, 0.15) is 15.9 Å². The van der Waals surface area contributed by atoms with Crippen LogP contribution < -0.4 is 11.5 Å². The molecule has 0 amide bonds. The molecule has 0 atom stereocenters. The molecule has 0 fully saturated rings. The molecule has 0 aliphatic carbocycles. The van der Waals surface area contributed by atoms with E-state index in [1.54, 1.807) is 0 Å². The zero-order valence-electron chi connectivity index (χ0n) is 10.00. The topological polar surface area (TPSA) is 110 Å². The molecule has 0 aliphatic rings. The quantitative estimate of drug-likeness (QED) is 0.357. The molecule has 6 heteroatoms. The van der Waals surface area contributed by atoms with E-state index in [4.69, 9.17) is 11.5 Å². The van der Waals surface area contributed by atoms with Gasteiger partial charge in [-0.3, -0.25) is 4.79 Å². The number of carbonyl (C=O) groups is 1. The van der Waals surface area contributed by atoms with Crippen LogP contribution in [-0.2, 0) is 0 Å². The Bertz CT molecular complexity index is 576. The molecule has 0 bridgehead atoms. The normalized spacial score (nSPS) is 9.68. The Labute approximate surface area is 137 Å². The summed E-state index contributed by atoms with van der Waals surface area (Å²) in [6.07, 6.45) is 0. The molecule has 0 spiro atoms. The van der Waals surface area contributed by atoms with Crippen molar-refractivity contribution in [1.82, 2.24) is 0 Å². The van der Waals surface area contributed by atoms with Crippen molar-refractivity contribution in [2.75, 3.05) is 11.5 Å². The first-order valence-corrected chi connectivity index (χ1v) is 5.20. The second-order valence-electron chi connectivity index (χ2n) is 3.88. The zero-order valence-corrected chi connectivity index (χ0v) is 13.6. The van der Waals surface area contributed by atoms with Crippen LogP contribution in [0.5, 0.6) is 11.5 Å². The Balaban J connectivity index is 0.00000180. The average Bonchev–Trinajstić information content (AvgIpc) is 2.35. The van der Waals surface area contributed by atoms with Crippen LogP contribution in [0.15, 0.2) is 36.4 Å². The summed E-state index contributed by atoms with van der Waals surface area (Å²) in [7, 11) is 0. The summed E-state index contributed by atoms with van der Waals surface area (Å²) in [5, 5.41) is 18.6. The number of aromatic hydroxyl groups is 2. The molecule has 19 heavy (non-hydrogen) atoms. The van der Waals surface area contributed by atoms with Gasteiger partial charge in [-0.1, -0.05) is 0 Å². The summed E-state index contributed by atoms with van der Waals surface area (Å²) < 4.78 is 0. The first-order chi connectivity index (χ1) is 8.49. The van der Waals surface area contributed by atoms with Gasteiger partial charge in [0.05, 0.1) is 11.4 Å². The van der Waals surface area contributed by atoms with Gasteiger partial charge in [-0.15, -0.1) is 0 Å². The number of carbonyl (C=O) groups excluding carboxylic acids is 1. The predicted octanol–water partition coefficient (Wildman–Crippen LogP) is 1.49. The standard InChI is InChI=1S/C13H12N2O3.La/c14-9-5-7(1-3-11(9)16)13(18)8-2-4-12(17)10(15)6-8;/h1-6,16-17H,14-15H2;. The molecule has 0 aromatic heterocycles. The molecule has 2 aromatic rings. The molecule has 0 unspecified atom stereocenters. The molecule has 5 nitrogen and oxygen atoms in total. The first-order valence-electron chi connectivity index (χ1n) is 5.20. The third-order valence-electron chi connectivity index (χ3n) is 2.58. The van der Waals surface area contributed by atoms with E-state index >= 15 is 0 Å². The van der Waals surface area contributed by atoms with Crippen LogP contribution in [0, 0.1) is 35.6 Å². The summed E-state index contributed by atoms with van der Waals surface area (Å²) in [6.45, 7) is 0. The van der Waals surface area contributed by atoms with E-state index in [1.807, 2.05) is 0 Å². The van der Waals surface area contributed by atoms with Crippen LogP contribution >= 0.6 is 0 Å². The van der Waals surface area contributed by atoms with Crippen molar-refractivity contribution in [2.24, 2.45) is 0 Å². The number of phenolic OH excluding ortho intramolecular Hbond substituents is 2. The smallest absolute Gasteiger partial charge is 0.193 e. The van der Waals surface area contributed by atoms with Crippen molar-refractivity contribution in [3.8, 4) is 11.5 Å². The molecule has 0 aliphatic heterocycles. The molecule has 1 radical (unpaired) electrons. The molecule has 95 valence electrons. The predicted molar refractivity (Wildman–Crippen MR) is 68.5 cm³/mol. The number of phenols is 2. The van der Waals surface area contributed by atoms with E-state index in [-0.39, 0.29) is 64.3 Å². The first kappa shape index (κ1) is 15.6. The number of benzene rings is 2. The van der Waals surface area contributed by atoms with Gasteiger partial charge in [0.2, 0.25) is 0 Å². The van der Waals surface area contributed by atoms with E-state index in [0.717, 1.165) is 0 Å². The fourth-order valence-electron chi connectivity index (χ4n) is 1.56. The minimum Gasteiger partial charge on any atom is -0.506 e. The van der Waals surface area contributed by atoms with E-state index in [1.165, 1.54) is 36.4 Å². The minimum absolute atomic E-state index is 0. The van der Waals surface area contributed by atoms with Crippen LogP contribution in [0.25, 0.3) is 0 Å². The van der Waals surface area contributed by atoms with Gasteiger partial charge in [0.25, 0.3) is 0 Å². The number of nitrogens with two attached hydrogens (primary N) is 2. The van der Waals surface area contributed by atoms with Gasteiger partial charge < -0.3 is 21.7 Å². The van der Waals surface area contributed by atoms with Crippen molar-refractivity contribution < 1.29 is 50.6 Å². The number of anilines is 2. The summed E-state index contributed by atoms with van der Waals surface area (Å²) >= 11 is 0. The van der Waals surface area contributed by atoms with Crippen molar-refractivity contribution in [3.05, 3.63) is 47.5 Å². The average molecular weight is 383 g/mol. The Morgan fingerprint density at radius 2 is 1.21 bits per heavy atom. The molecular weight excluding hydrogens is 371 g/mol. The van der Waals surface area contributed by atoms with Gasteiger partial charge in [-0.2, -0.15) is 0 Å². The molecule has 6 N–H and O–H groups in total. The second kappa shape index (κ2) is 6.10. The van der Waals surface area contributed by atoms with Crippen molar-refractivity contribution in [1.29, 1.82) is 0 Å². The number of nitrogen functional groups attached to an aromatic ring is 2. The number of hydrogen-bond donors (Lipinski definition) is 4. The van der Waals surface area contributed by atoms with Crippen molar-refractivity contribution >= 4 is 17.2 Å². The van der Waals surface area contributed by atoms with E-state index in [2.05, 4.69) is 0 Å². The summed E-state index contributed by atoms with van der Waals surface area (Å²) in [6, 6.07) is 8.42. The monoisotopic (exact) mass is 383 g/mol. The molecule has 0 heterocycles. The summed E-state index contributed by atoms with van der Waals surface area (Å²) in [5.74, 6) is -0.429. The van der Waals surface area contributed by atoms with E-state index < -0.39 is 0 Å². The maximum Gasteiger partial charge on any atom is 0.193 e. The molecule has 0 saturated carbocycles. The molecule has 2 rings (SSSR count). The summed E-state index contributed by atoms with van der Waals surface area (Å²) in [5.41, 5.74) is 12.0. The third kappa shape index (κ3) is 3.29. The largest absolute Gasteiger partial charge is 0.506 e. The van der Waals surface area contributed by atoms with Crippen LogP contribution in [0.4, 0.5) is 11.4 Å². The Hall–Kier alpha value is -1.50. The van der Waals surface area contributed by atoms with Gasteiger partial charge in [0.15, 0.2) is 5.78 Å². The Morgan fingerprint density at radius 1 is 0.842 bits per heavy atom. The van der Waals surface area contributed by atoms with Gasteiger partial charge in [0.1, 0.15) is 11.5 Å². The summed E-state index contributed by atoms with van der Waals surface area (Å²) in [4.78, 5) is 12.1. The molecule has 2 aromatic carbocycles. The van der Waals surface area contributed by atoms with Crippen molar-refractivity contribution in [3.63, 3.8) is 0 Å². The zero-order chi connectivity index (χ0) is 13.3. The fraction of sp³-hybridized carbons (Fsp3) is 0.